The molecule has 86 valence electrons. The predicted octanol–water partition coefficient (Wildman–Crippen LogP) is 1.51. The Morgan fingerprint density at radius 1 is 1.60 bits per heavy atom. The number of carbonyl (C=O) groups is 1. The molecule has 2 N–H and O–H groups in total. The van der Waals surface area contributed by atoms with Gasteiger partial charge in [0, 0.05) is 19.6 Å². The van der Waals surface area contributed by atoms with E-state index >= 15 is 0 Å². The van der Waals surface area contributed by atoms with Crippen LogP contribution >= 0.6 is 0 Å². The molecule has 0 aliphatic carbocycles. The summed E-state index contributed by atoms with van der Waals surface area (Å²) in [5.74, 6) is 0. The minimum absolute atomic E-state index is 0.249. The lowest BCUT2D eigenvalue weighted by Crippen LogP contribution is -2.40. The first-order valence-corrected chi connectivity index (χ1v) is 5.28. The third-order valence-corrected chi connectivity index (χ3v) is 2.14. The summed E-state index contributed by atoms with van der Waals surface area (Å²) in [6.07, 6.45) is 2.72. The van der Waals surface area contributed by atoms with Gasteiger partial charge in [0.05, 0.1) is 0 Å². The second-order valence-corrected chi connectivity index (χ2v) is 4.76. The summed E-state index contributed by atoms with van der Waals surface area (Å²) < 4.78 is 5.29. The van der Waals surface area contributed by atoms with Gasteiger partial charge < -0.3 is 15.4 Å². The van der Waals surface area contributed by atoms with Crippen LogP contribution in [0, 0.1) is 0 Å². The minimum Gasteiger partial charge on any atom is -0.444 e. The van der Waals surface area contributed by atoms with Gasteiger partial charge in [0.2, 0.25) is 0 Å². The molecule has 1 aliphatic heterocycles. The minimum atomic E-state index is -0.429. The molecule has 0 atom stereocenters. The molecule has 1 heterocycles. The zero-order valence-corrected chi connectivity index (χ0v) is 9.75. The van der Waals surface area contributed by atoms with Crippen molar-refractivity contribution in [3.63, 3.8) is 0 Å². The van der Waals surface area contributed by atoms with Crippen LogP contribution in [-0.2, 0) is 4.74 Å². The Balaban J connectivity index is 2.52. The summed E-state index contributed by atoms with van der Waals surface area (Å²) in [6.45, 7) is 7.45. The average molecular weight is 212 g/mol. The highest BCUT2D eigenvalue weighted by molar-refractivity contribution is 5.68. The second kappa shape index (κ2) is 4.66. The Morgan fingerprint density at radius 2 is 2.27 bits per heavy atom. The van der Waals surface area contributed by atoms with Crippen LogP contribution < -0.4 is 5.73 Å². The van der Waals surface area contributed by atoms with E-state index in [1.165, 1.54) is 0 Å². The molecule has 0 aromatic heterocycles. The summed E-state index contributed by atoms with van der Waals surface area (Å²) in [5, 5.41) is 0. The van der Waals surface area contributed by atoms with Crippen LogP contribution in [0.2, 0.25) is 0 Å². The first kappa shape index (κ1) is 12.0. The third kappa shape index (κ3) is 3.91. The van der Waals surface area contributed by atoms with Crippen molar-refractivity contribution < 1.29 is 9.53 Å². The Morgan fingerprint density at radius 3 is 2.80 bits per heavy atom. The van der Waals surface area contributed by atoms with Gasteiger partial charge in [-0.2, -0.15) is 0 Å². The molecule has 0 aromatic carbocycles. The molecule has 0 unspecified atom stereocenters. The molecule has 0 saturated heterocycles. The molecule has 0 fully saturated rings. The van der Waals surface area contributed by atoms with Crippen molar-refractivity contribution >= 4 is 6.09 Å². The Hall–Kier alpha value is -1.03. The number of ether oxygens (including phenoxy) is 1. The molecule has 1 amide bonds. The van der Waals surface area contributed by atoms with Gasteiger partial charge in [0.15, 0.2) is 0 Å². The molecule has 0 saturated carbocycles. The van der Waals surface area contributed by atoms with Crippen LogP contribution in [0.3, 0.4) is 0 Å². The molecule has 1 rings (SSSR count). The molecule has 4 heteroatoms. The molecule has 0 bridgehead atoms. The van der Waals surface area contributed by atoms with Crippen molar-refractivity contribution in [1.82, 2.24) is 4.90 Å². The number of hydrogen-bond donors (Lipinski definition) is 1. The lowest BCUT2D eigenvalue weighted by molar-refractivity contribution is 0.0262. The van der Waals surface area contributed by atoms with Gasteiger partial charge in [-0.15, -0.1) is 0 Å². The zero-order valence-electron chi connectivity index (χ0n) is 9.75. The highest BCUT2D eigenvalue weighted by Gasteiger charge is 2.23. The zero-order chi connectivity index (χ0) is 11.5. The molecule has 15 heavy (non-hydrogen) atoms. The number of hydrogen-bond acceptors (Lipinski definition) is 3. The Bertz CT molecular complexity index is 266. The topological polar surface area (TPSA) is 55.6 Å². The van der Waals surface area contributed by atoms with E-state index in [0.29, 0.717) is 13.1 Å². The van der Waals surface area contributed by atoms with Gasteiger partial charge >= 0.3 is 6.09 Å². The number of nitrogens with two attached hydrogens (primary N) is 1. The largest absolute Gasteiger partial charge is 0.444 e. The quantitative estimate of drug-likeness (QED) is 0.670. The van der Waals surface area contributed by atoms with Crippen molar-refractivity contribution in [1.29, 1.82) is 0 Å². The van der Waals surface area contributed by atoms with Crippen LogP contribution in [-0.4, -0.2) is 36.2 Å². The first-order chi connectivity index (χ1) is 6.92. The monoisotopic (exact) mass is 212 g/mol. The van der Waals surface area contributed by atoms with E-state index in [1.807, 2.05) is 20.8 Å². The smallest absolute Gasteiger partial charge is 0.410 e. The number of nitrogens with zero attached hydrogens (tertiary/aromatic N) is 1. The molecule has 0 aromatic rings. The van der Waals surface area contributed by atoms with Crippen LogP contribution in [0.25, 0.3) is 0 Å². The Kier molecular flexibility index (Phi) is 3.74. The summed E-state index contributed by atoms with van der Waals surface area (Å²) in [6, 6.07) is 0. The summed E-state index contributed by atoms with van der Waals surface area (Å²) >= 11 is 0. The number of amides is 1. The maximum atomic E-state index is 11.7. The normalized spacial score (nSPS) is 17.3. The highest BCUT2D eigenvalue weighted by atomic mass is 16.6. The van der Waals surface area contributed by atoms with E-state index in [4.69, 9.17) is 10.5 Å². The fraction of sp³-hybridized carbons (Fsp3) is 0.727. The summed E-state index contributed by atoms with van der Waals surface area (Å²) in [5.41, 5.74) is 6.22. The SMILES string of the molecule is CC(C)(C)OC(=O)N1CCC=C(CN)C1. The summed E-state index contributed by atoms with van der Waals surface area (Å²) in [4.78, 5) is 13.4. The predicted molar refractivity (Wildman–Crippen MR) is 59.6 cm³/mol. The van der Waals surface area contributed by atoms with E-state index in [0.717, 1.165) is 18.5 Å². The third-order valence-electron chi connectivity index (χ3n) is 2.14. The number of carbonyl (C=O) groups excluding carboxylic acids is 1. The van der Waals surface area contributed by atoms with Gasteiger partial charge in [-0.3, -0.25) is 0 Å². The summed E-state index contributed by atoms with van der Waals surface area (Å²) in [7, 11) is 0. The van der Waals surface area contributed by atoms with E-state index in [2.05, 4.69) is 6.08 Å². The molecule has 4 nitrogen and oxygen atoms in total. The van der Waals surface area contributed by atoms with Crippen molar-refractivity contribution in [2.75, 3.05) is 19.6 Å². The van der Waals surface area contributed by atoms with Crippen molar-refractivity contribution in [3.8, 4) is 0 Å². The van der Waals surface area contributed by atoms with E-state index < -0.39 is 5.60 Å². The lowest BCUT2D eigenvalue weighted by atomic mass is 10.1. The van der Waals surface area contributed by atoms with E-state index in [1.54, 1.807) is 4.90 Å². The van der Waals surface area contributed by atoms with Gasteiger partial charge in [-0.05, 0) is 32.8 Å². The molecular weight excluding hydrogens is 192 g/mol. The first-order valence-electron chi connectivity index (χ1n) is 5.28. The Labute approximate surface area is 91.1 Å². The van der Waals surface area contributed by atoms with Crippen LogP contribution in [0.5, 0.6) is 0 Å². The van der Waals surface area contributed by atoms with Crippen molar-refractivity contribution in [3.05, 3.63) is 11.6 Å². The van der Waals surface area contributed by atoms with Crippen molar-refractivity contribution in [2.45, 2.75) is 32.8 Å². The molecule has 0 spiro atoms. The highest BCUT2D eigenvalue weighted by Crippen LogP contribution is 2.14. The fourth-order valence-corrected chi connectivity index (χ4v) is 1.44. The fourth-order valence-electron chi connectivity index (χ4n) is 1.44. The van der Waals surface area contributed by atoms with Crippen LogP contribution in [0.15, 0.2) is 11.6 Å². The maximum Gasteiger partial charge on any atom is 0.410 e. The maximum absolute atomic E-state index is 11.7. The molecule has 1 aliphatic rings. The van der Waals surface area contributed by atoms with Gasteiger partial charge in [-0.25, -0.2) is 4.79 Å². The molecular formula is C11H20N2O2. The van der Waals surface area contributed by atoms with E-state index in [9.17, 15) is 4.79 Å². The lowest BCUT2D eigenvalue weighted by Gasteiger charge is -2.30. The van der Waals surface area contributed by atoms with Gasteiger partial charge in [-0.1, -0.05) is 6.08 Å². The van der Waals surface area contributed by atoms with E-state index in [-0.39, 0.29) is 6.09 Å². The van der Waals surface area contributed by atoms with Crippen molar-refractivity contribution in [2.24, 2.45) is 5.73 Å². The average Bonchev–Trinajstić information content (AvgIpc) is 2.15. The number of rotatable bonds is 1. The van der Waals surface area contributed by atoms with Gasteiger partial charge in [0.25, 0.3) is 0 Å². The molecule has 0 radical (unpaired) electrons. The second-order valence-electron chi connectivity index (χ2n) is 4.76. The van der Waals surface area contributed by atoms with Crippen LogP contribution in [0.4, 0.5) is 4.79 Å². The van der Waals surface area contributed by atoms with Crippen LogP contribution in [0.1, 0.15) is 27.2 Å². The van der Waals surface area contributed by atoms with Gasteiger partial charge in [0.1, 0.15) is 5.60 Å². The standard InChI is InChI=1S/C11H20N2O2/c1-11(2,3)15-10(14)13-6-4-5-9(7-12)8-13/h5H,4,6-8,12H2,1-3H3.